The molecule has 18 heavy (non-hydrogen) atoms. The summed E-state index contributed by atoms with van der Waals surface area (Å²) in [6.07, 6.45) is 2.01. The minimum atomic E-state index is -0.285. The number of hydrogen-bond acceptors (Lipinski definition) is 5. The molecule has 0 bridgehead atoms. The lowest BCUT2D eigenvalue weighted by molar-refractivity contribution is -0.143. The number of carbonyl (C=O) groups excluding carboxylic acids is 2. The quantitative estimate of drug-likeness (QED) is 0.472. The van der Waals surface area contributed by atoms with E-state index >= 15 is 0 Å². The lowest BCUT2D eigenvalue weighted by Gasteiger charge is -2.01. The van der Waals surface area contributed by atoms with Crippen molar-refractivity contribution < 1.29 is 14.3 Å². The van der Waals surface area contributed by atoms with Crippen molar-refractivity contribution in [3.05, 3.63) is 11.1 Å². The molecule has 1 rings (SSSR count). The first-order valence-electron chi connectivity index (χ1n) is 5.61. The number of carbonyl (C=O) groups is 2. The molecule has 1 aromatic rings. The van der Waals surface area contributed by atoms with E-state index in [1.54, 1.807) is 5.38 Å². The van der Waals surface area contributed by atoms with Crippen LogP contribution in [0.25, 0.3) is 0 Å². The third-order valence-corrected chi connectivity index (χ3v) is 3.32. The van der Waals surface area contributed by atoms with Gasteiger partial charge in [-0.25, -0.2) is 4.98 Å². The summed E-state index contributed by atoms with van der Waals surface area (Å²) in [5.41, 5.74) is 0.617. The summed E-state index contributed by atoms with van der Waals surface area (Å²) in [5, 5.41) is 5.07. The molecule has 0 saturated carbocycles. The number of anilines is 1. The highest BCUT2D eigenvalue weighted by molar-refractivity contribution is 9.09. The molecule has 1 N–H and O–H groups in total. The van der Waals surface area contributed by atoms with Gasteiger partial charge in [0.05, 0.1) is 24.1 Å². The number of rotatable bonds is 7. The van der Waals surface area contributed by atoms with Gasteiger partial charge in [-0.3, -0.25) is 9.59 Å². The molecule has 1 aromatic heterocycles. The number of thiazole rings is 1. The molecule has 0 aliphatic rings. The van der Waals surface area contributed by atoms with Crippen LogP contribution in [0.4, 0.5) is 5.13 Å². The number of alkyl halides is 1. The summed E-state index contributed by atoms with van der Waals surface area (Å²) in [7, 11) is 0. The molecule has 0 radical (unpaired) electrons. The van der Waals surface area contributed by atoms with Gasteiger partial charge in [-0.1, -0.05) is 29.3 Å². The van der Waals surface area contributed by atoms with E-state index in [1.165, 1.54) is 11.3 Å². The number of nitrogens with zero attached hydrogens (tertiary/aromatic N) is 1. The van der Waals surface area contributed by atoms with Crippen LogP contribution in [0, 0.1) is 0 Å². The van der Waals surface area contributed by atoms with Crippen LogP contribution in [0.15, 0.2) is 5.38 Å². The Labute approximate surface area is 118 Å². The minimum absolute atomic E-state index is 0.143. The van der Waals surface area contributed by atoms with Crippen LogP contribution < -0.4 is 5.32 Å². The van der Waals surface area contributed by atoms with E-state index in [0.29, 0.717) is 17.4 Å². The van der Waals surface area contributed by atoms with E-state index in [2.05, 4.69) is 26.2 Å². The summed E-state index contributed by atoms with van der Waals surface area (Å²) >= 11 is 4.34. The second-order valence-corrected chi connectivity index (χ2v) is 5.00. The fraction of sp³-hybridized carbons (Fsp3) is 0.545. The van der Waals surface area contributed by atoms with Crippen molar-refractivity contribution in [3.8, 4) is 0 Å². The van der Waals surface area contributed by atoms with Crippen molar-refractivity contribution >= 4 is 44.3 Å². The molecule has 1 amide bonds. The van der Waals surface area contributed by atoms with Gasteiger partial charge in [0.2, 0.25) is 5.91 Å². The van der Waals surface area contributed by atoms with Crippen LogP contribution in [0.2, 0.25) is 0 Å². The van der Waals surface area contributed by atoms with Crippen LogP contribution in [-0.4, -0.2) is 28.8 Å². The maximum absolute atomic E-state index is 11.4. The zero-order chi connectivity index (χ0) is 13.4. The van der Waals surface area contributed by atoms with Crippen molar-refractivity contribution in [3.63, 3.8) is 0 Å². The summed E-state index contributed by atoms with van der Waals surface area (Å²) in [4.78, 5) is 26.7. The van der Waals surface area contributed by atoms with Crippen molar-refractivity contribution in [2.75, 3.05) is 17.3 Å². The molecule has 0 spiro atoms. The van der Waals surface area contributed by atoms with Gasteiger partial charge in [-0.2, -0.15) is 0 Å². The van der Waals surface area contributed by atoms with E-state index in [9.17, 15) is 9.59 Å². The largest absolute Gasteiger partial charge is 0.465 e. The first kappa shape index (κ1) is 15.1. The number of aromatic nitrogens is 1. The zero-order valence-electron chi connectivity index (χ0n) is 10.1. The molecule has 0 saturated heterocycles. The van der Waals surface area contributed by atoms with Gasteiger partial charge in [0.15, 0.2) is 5.13 Å². The highest BCUT2D eigenvalue weighted by Gasteiger charge is 2.10. The Kier molecular flexibility index (Phi) is 6.89. The van der Waals surface area contributed by atoms with E-state index in [4.69, 9.17) is 4.74 Å². The Bertz CT molecular complexity index is 409. The molecule has 5 nitrogen and oxygen atoms in total. The monoisotopic (exact) mass is 334 g/mol. The van der Waals surface area contributed by atoms with Crippen molar-refractivity contribution in [1.29, 1.82) is 0 Å². The second kappa shape index (κ2) is 8.20. The Hall–Kier alpha value is -0.950. The summed E-state index contributed by atoms with van der Waals surface area (Å²) in [6.45, 7) is 2.49. The molecule has 0 aliphatic heterocycles. The van der Waals surface area contributed by atoms with E-state index in [-0.39, 0.29) is 23.6 Å². The lowest BCUT2D eigenvalue weighted by Crippen LogP contribution is -2.12. The molecular formula is C11H15BrN2O3S. The van der Waals surface area contributed by atoms with Crippen LogP contribution in [-0.2, 0) is 20.7 Å². The van der Waals surface area contributed by atoms with Crippen molar-refractivity contribution in [1.82, 2.24) is 4.98 Å². The normalized spacial score (nSPS) is 10.1. The summed E-state index contributed by atoms with van der Waals surface area (Å²) < 4.78 is 5.03. The van der Waals surface area contributed by atoms with Gasteiger partial charge in [-0.15, -0.1) is 11.3 Å². The van der Waals surface area contributed by atoms with Gasteiger partial charge in [0, 0.05) is 5.38 Å². The Morgan fingerprint density at radius 3 is 3.00 bits per heavy atom. The molecule has 7 heteroatoms. The first-order valence-corrected chi connectivity index (χ1v) is 7.61. The number of ether oxygens (including phenoxy) is 1. The van der Waals surface area contributed by atoms with Gasteiger partial charge in [-0.05, 0) is 6.42 Å². The molecule has 0 atom stereocenters. The van der Waals surface area contributed by atoms with Gasteiger partial charge >= 0.3 is 5.97 Å². The molecule has 0 unspecified atom stereocenters. The number of unbranched alkanes of at least 4 members (excludes halogenated alkanes) is 1. The van der Waals surface area contributed by atoms with Crippen molar-refractivity contribution in [2.24, 2.45) is 0 Å². The zero-order valence-corrected chi connectivity index (χ0v) is 12.5. The Morgan fingerprint density at radius 2 is 2.33 bits per heavy atom. The number of halogens is 1. The smallest absolute Gasteiger partial charge is 0.311 e. The van der Waals surface area contributed by atoms with Crippen LogP contribution >= 0.6 is 27.3 Å². The number of amides is 1. The van der Waals surface area contributed by atoms with Crippen molar-refractivity contribution in [2.45, 2.75) is 26.2 Å². The maximum Gasteiger partial charge on any atom is 0.311 e. The average molecular weight is 335 g/mol. The topological polar surface area (TPSA) is 68.3 Å². The predicted octanol–water partition coefficient (Wildman–Crippen LogP) is 2.36. The van der Waals surface area contributed by atoms with Crippen LogP contribution in [0.3, 0.4) is 0 Å². The standard InChI is InChI=1S/C11H15BrN2O3S/c1-2-3-4-17-10(16)5-8-7-18-11(13-8)14-9(15)6-12/h7H,2-6H2,1H3,(H,13,14,15). The summed E-state index contributed by atoms with van der Waals surface area (Å²) in [6, 6.07) is 0. The van der Waals surface area contributed by atoms with Gasteiger partial charge in [0.25, 0.3) is 0 Å². The third kappa shape index (κ3) is 5.59. The number of esters is 1. The molecule has 0 aliphatic carbocycles. The fourth-order valence-electron chi connectivity index (χ4n) is 1.13. The number of nitrogens with one attached hydrogen (secondary N) is 1. The summed E-state index contributed by atoms with van der Waals surface area (Å²) in [5.74, 6) is -0.450. The van der Waals surface area contributed by atoms with Crippen LogP contribution in [0.1, 0.15) is 25.5 Å². The minimum Gasteiger partial charge on any atom is -0.465 e. The highest BCUT2D eigenvalue weighted by atomic mass is 79.9. The molecule has 0 aromatic carbocycles. The average Bonchev–Trinajstić information content (AvgIpc) is 2.76. The van der Waals surface area contributed by atoms with Gasteiger partial charge < -0.3 is 10.1 Å². The first-order chi connectivity index (χ1) is 8.65. The second-order valence-electron chi connectivity index (χ2n) is 3.58. The van der Waals surface area contributed by atoms with E-state index in [1.807, 2.05) is 6.92 Å². The maximum atomic E-state index is 11.4. The Morgan fingerprint density at radius 1 is 1.56 bits per heavy atom. The SMILES string of the molecule is CCCCOC(=O)Cc1csc(NC(=O)CBr)n1. The van der Waals surface area contributed by atoms with E-state index in [0.717, 1.165) is 12.8 Å². The predicted molar refractivity (Wildman–Crippen MR) is 74.1 cm³/mol. The Balaban J connectivity index is 2.38. The molecule has 1 heterocycles. The third-order valence-electron chi connectivity index (χ3n) is 2.01. The number of hydrogen-bond donors (Lipinski definition) is 1. The van der Waals surface area contributed by atoms with Gasteiger partial charge in [0.1, 0.15) is 0 Å². The molecular weight excluding hydrogens is 320 g/mol. The van der Waals surface area contributed by atoms with Crippen LogP contribution in [0.5, 0.6) is 0 Å². The highest BCUT2D eigenvalue weighted by Crippen LogP contribution is 2.16. The molecule has 100 valence electrons. The molecule has 0 fully saturated rings. The lowest BCUT2D eigenvalue weighted by atomic mass is 10.3. The van der Waals surface area contributed by atoms with E-state index < -0.39 is 0 Å². The fourth-order valence-corrected chi connectivity index (χ4v) is 1.99.